The Kier molecular flexibility index (Phi) is 11.4. The molecule has 3 rings (SSSR count). The highest BCUT2D eigenvalue weighted by atomic mass is 32.2. The van der Waals surface area contributed by atoms with Gasteiger partial charge in [-0.3, -0.25) is 10.2 Å². The lowest BCUT2D eigenvalue weighted by Gasteiger charge is -2.17. The number of carbonyl (C=O) groups is 2. The number of thiophene rings is 1. The maximum absolute atomic E-state index is 13.6. The number of hydrogen-bond acceptors (Lipinski definition) is 10. The molecule has 0 unspecified atom stereocenters. The van der Waals surface area contributed by atoms with Crippen LogP contribution in [-0.2, 0) is 29.3 Å². The maximum atomic E-state index is 13.6. The Bertz CT molecular complexity index is 1770. The second-order valence-corrected chi connectivity index (χ2v) is 14.9. The number of rotatable bonds is 9. The monoisotopic (exact) mass is 681 g/mol. The summed E-state index contributed by atoms with van der Waals surface area (Å²) in [6.45, 7) is 1.77. The zero-order valence-corrected chi connectivity index (χ0v) is 26.2. The third kappa shape index (κ3) is 9.44. The van der Waals surface area contributed by atoms with Crippen molar-refractivity contribution in [2.75, 3.05) is 30.7 Å². The normalized spacial score (nSPS) is 11.7. The molecule has 0 saturated heterocycles. The maximum Gasteiger partial charge on any atom is 0.490 e. The van der Waals surface area contributed by atoms with Crippen molar-refractivity contribution in [3.63, 3.8) is 0 Å². The van der Waals surface area contributed by atoms with Crippen LogP contribution in [0, 0.1) is 12.3 Å². The number of ether oxygens (including phenoxy) is 1. The molecule has 0 spiro atoms. The van der Waals surface area contributed by atoms with Crippen LogP contribution in [0.3, 0.4) is 0 Å². The van der Waals surface area contributed by atoms with Crippen molar-refractivity contribution < 1.29 is 49.4 Å². The Morgan fingerprint density at radius 1 is 1.14 bits per heavy atom. The van der Waals surface area contributed by atoms with Gasteiger partial charge in [0.1, 0.15) is 17.3 Å². The number of nitrogens with two attached hydrogens (primary N) is 1. The lowest BCUT2D eigenvalue weighted by Crippen LogP contribution is -2.22. The van der Waals surface area contributed by atoms with E-state index in [9.17, 15) is 34.8 Å². The van der Waals surface area contributed by atoms with Crippen molar-refractivity contribution in [2.24, 2.45) is 5.73 Å². The van der Waals surface area contributed by atoms with E-state index in [0.29, 0.717) is 31.5 Å². The van der Waals surface area contributed by atoms with E-state index in [1.165, 1.54) is 37.1 Å². The molecule has 0 saturated carbocycles. The highest BCUT2D eigenvalue weighted by Crippen LogP contribution is 2.40. The number of halogens is 3. The van der Waals surface area contributed by atoms with E-state index in [0.717, 1.165) is 17.6 Å². The van der Waals surface area contributed by atoms with Crippen LogP contribution in [0.4, 0.5) is 18.9 Å². The molecule has 43 heavy (non-hydrogen) atoms. The second kappa shape index (κ2) is 13.8. The summed E-state index contributed by atoms with van der Waals surface area (Å²) in [5, 5.41) is 17.4. The van der Waals surface area contributed by atoms with Crippen molar-refractivity contribution >= 4 is 66.2 Å². The van der Waals surface area contributed by atoms with Crippen LogP contribution in [0.1, 0.15) is 10.4 Å². The van der Waals surface area contributed by atoms with E-state index in [1.807, 2.05) is 0 Å². The zero-order valence-electron chi connectivity index (χ0n) is 22.9. The molecule has 18 heteroatoms. The van der Waals surface area contributed by atoms with Gasteiger partial charge in [0.25, 0.3) is 0 Å². The van der Waals surface area contributed by atoms with Crippen LogP contribution >= 0.6 is 23.1 Å². The molecule has 1 aromatic heterocycles. The second-order valence-electron chi connectivity index (χ2n) is 8.70. The first kappa shape index (κ1) is 35.6. The predicted molar refractivity (Wildman–Crippen MR) is 158 cm³/mol. The molecule has 3 aromatic rings. The summed E-state index contributed by atoms with van der Waals surface area (Å²) in [6, 6.07) is 10.9. The molecule has 0 aliphatic heterocycles. The SMILES string of the molecule is COc1cc(C)c(-c2cccc(S(=O)(=O)c3cc(C(=N)N)sc3SC)c2)c(NC(=O)CS(C)(=O)=O)c1.O=C(O)C(F)(F)F. The van der Waals surface area contributed by atoms with E-state index in [2.05, 4.69) is 5.32 Å². The first-order valence-corrected chi connectivity index (χ1v) is 17.1. The molecule has 11 nitrogen and oxygen atoms in total. The van der Waals surface area contributed by atoms with Gasteiger partial charge in [0.05, 0.1) is 31.7 Å². The summed E-state index contributed by atoms with van der Waals surface area (Å²) >= 11 is 2.39. The number of benzene rings is 2. The Balaban J connectivity index is 0.000000821. The van der Waals surface area contributed by atoms with Crippen LogP contribution in [0.2, 0.25) is 0 Å². The summed E-state index contributed by atoms with van der Waals surface area (Å²) in [6.07, 6.45) is -2.37. The fourth-order valence-corrected chi connectivity index (χ4v) is 7.99. The molecule has 0 radical (unpaired) electrons. The molecule has 0 bridgehead atoms. The van der Waals surface area contributed by atoms with Crippen molar-refractivity contribution in [3.8, 4) is 16.9 Å². The number of carboxylic acid groups (broad SMARTS) is 1. The molecule has 1 amide bonds. The van der Waals surface area contributed by atoms with E-state index in [-0.39, 0.29) is 21.3 Å². The number of anilines is 1. The molecule has 0 aliphatic rings. The minimum absolute atomic E-state index is 0.0202. The van der Waals surface area contributed by atoms with Crippen molar-refractivity contribution in [2.45, 2.75) is 27.1 Å². The van der Waals surface area contributed by atoms with E-state index in [1.54, 1.807) is 37.4 Å². The highest BCUT2D eigenvalue weighted by molar-refractivity contribution is 8.01. The number of carboxylic acids is 1. The minimum atomic E-state index is -5.08. The number of nitrogen functional groups attached to an aromatic ring is 1. The van der Waals surface area contributed by atoms with Crippen LogP contribution in [0.5, 0.6) is 5.75 Å². The number of amidine groups is 1. The number of carbonyl (C=O) groups excluding carboxylic acids is 1. The lowest BCUT2D eigenvalue weighted by molar-refractivity contribution is -0.192. The van der Waals surface area contributed by atoms with Gasteiger partial charge in [0.2, 0.25) is 15.7 Å². The van der Waals surface area contributed by atoms with Crippen molar-refractivity contribution in [1.82, 2.24) is 0 Å². The third-order valence-electron chi connectivity index (χ3n) is 5.29. The number of alkyl halides is 3. The minimum Gasteiger partial charge on any atom is -0.497 e. The summed E-state index contributed by atoms with van der Waals surface area (Å²) < 4.78 is 87.9. The third-order valence-corrected chi connectivity index (χ3v) is 10.4. The highest BCUT2D eigenvalue weighted by Gasteiger charge is 2.38. The van der Waals surface area contributed by atoms with Gasteiger partial charge < -0.3 is 20.9 Å². The number of amides is 1. The van der Waals surface area contributed by atoms with Gasteiger partial charge in [-0.2, -0.15) is 13.2 Å². The van der Waals surface area contributed by atoms with Gasteiger partial charge in [-0.1, -0.05) is 12.1 Å². The zero-order chi connectivity index (χ0) is 32.9. The van der Waals surface area contributed by atoms with Gasteiger partial charge in [-0.15, -0.1) is 23.1 Å². The van der Waals surface area contributed by atoms with Crippen molar-refractivity contribution in [3.05, 3.63) is 52.9 Å². The molecule has 0 atom stereocenters. The number of nitrogens with one attached hydrogen (secondary N) is 2. The van der Waals surface area contributed by atoms with Crippen LogP contribution in [0.15, 0.2) is 56.5 Å². The quantitative estimate of drug-likeness (QED) is 0.145. The Labute approximate surface area is 253 Å². The average molecular weight is 682 g/mol. The molecular weight excluding hydrogens is 656 g/mol. The van der Waals surface area contributed by atoms with E-state index >= 15 is 0 Å². The molecule has 0 fully saturated rings. The fraction of sp³-hybridized carbons (Fsp3) is 0.240. The van der Waals surface area contributed by atoms with Gasteiger partial charge in [-0.25, -0.2) is 21.6 Å². The Hall–Kier alpha value is -3.61. The standard InChI is InChI=1S/C23H25N3O6S4.C2HF3O2/c1-13-8-15(32-2)10-17(26-20(27)12-35(4,28)29)21(13)14-6-5-7-16(9-14)36(30,31)19-11-18(22(24)25)34-23(19)33-3;3-2(4,5)1(6)7/h5-11H,12H2,1-4H3,(H3,24,25)(H,26,27);(H,6,7). The summed E-state index contributed by atoms with van der Waals surface area (Å²) in [4.78, 5) is 21.7. The molecule has 2 aromatic carbocycles. The van der Waals surface area contributed by atoms with Crippen LogP contribution in [0.25, 0.3) is 11.1 Å². The van der Waals surface area contributed by atoms with E-state index in [4.69, 9.17) is 25.8 Å². The molecule has 0 aliphatic carbocycles. The average Bonchev–Trinajstić information content (AvgIpc) is 3.33. The molecule has 1 heterocycles. The predicted octanol–water partition coefficient (Wildman–Crippen LogP) is 4.19. The van der Waals surface area contributed by atoms with E-state index < -0.39 is 43.5 Å². The first-order chi connectivity index (χ1) is 19.7. The first-order valence-electron chi connectivity index (χ1n) is 11.5. The van der Waals surface area contributed by atoms with Crippen LogP contribution < -0.4 is 15.8 Å². The number of sulfone groups is 2. The number of hydrogen-bond donors (Lipinski definition) is 4. The number of aliphatic carboxylic acids is 1. The van der Waals surface area contributed by atoms with Gasteiger partial charge in [-0.05, 0) is 48.6 Å². The van der Waals surface area contributed by atoms with Gasteiger partial charge in [0, 0.05) is 17.9 Å². The Morgan fingerprint density at radius 2 is 1.74 bits per heavy atom. The topological polar surface area (TPSA) is 194 Å². The molecule has 5 N–H and O–H groups in total. The fourth-order valence-electron chi connectivity index (χ4n) is 3.54. The molecule has 234 valence electrons. The number of aryl methyl sites for hydroxylation is 1. The lowest BCUT2D eigenvalue weighted by atomic mass is 9.98. The van der Waals surface area contributed by atoms with Gasteiger partial charge in [0.15, 0.2) is 9.84 Å². The smallest absolute Gasteiger partial charge is 0.490 e. The summed E-state index contributed by atoms with van der Waals surface area (Å²) in [7, 11) is -6.06. The summed E-state index contributed by atoms with van der Waals surface area (Å²) in [5.41, 5.74) is 7.56. The number of methoxy groups -OCH3 is 1. The summed E-state index contributed by atoms with van der Waals surface area (Å²) in [5.74, 6) is -3.96. The van der Waals surface area contributed by atoms with Crippen molar-refractivity contribution in [1.29, 1.82) is 5.41 Å². The van der Waals surface area contributed by atoms with Gasteiger partial charge >= 0.3 is 12.1 Å². The molecular formula is C25H26F3N3O8S4. The largest absolute Gasteiger partial charge is 0.497 e. The Morgan fingerprint density at radius 3 is 2.23 bits per heavy atom. The van der Waals surface area contributed by atoms with Crippen LogP contribution in [-0.4, -0.2) is 71.2 Å². The number of thioether (sulfide) groups is 1.